The number of anilines is 2. The fraction of sp³-hybridized carbons (Fsp3) is 0.467. The van der Waals surface area contributed by atoms with E-state index in [2.05, 4.69) is 10.6 Å². The summed E-state index contributed by atoms with van der Waals surface area (Å²) in [5.41, 5.74) is 1.51. The van der Waals surface area contributed by atoms with Crippen molar-refractivity contribution in [3.63, 3.8) is 0 Å². The summed E-state index contributed by atoms with van der Waals surface area (Å²) in [6, 6.07) is 7.99. The third-order valence-electron chi connectivity index (χ3n) is 3.67. The van der Waals surface area contributed by atoms with E-state index >= 15 is 0 Å². The van der Waals surface area contributed by atoms with Crippen LogP contribution in [0.5, 0.6) is 0 Å². The van der Waals surface area contributed by atoms with Crippen LogP contribution in [0.3, 0.4) is 0 Å². The lowest BCUT2D eigenvalue weighted by molar-refractivity contribution is -0.117. The average molecular weight is 273 g/mol. The molecule has 20 heavy (non-hydrogen) atoms. The van der Waals surface area contributed by atoms with Crippen molar-refractivity contribution in [2.24, 2.45) is 0 Å². The highest BCUT2D eigenvalue weighted by atomic mass is 16.2. The Hall–Kier alpha value is -1.88. The first-order valence-electron chi connectivity index (χ1n) is 7.16. The Morgan fingerprint density at radius 3 is 2.80 bits per heavy atom. The lowest BCUT2D eigenvalue weighted by Crippen LogP contribution is -2.31. The number of para-hydroxylation sites is 2. The highest BCUT2D eigenvalue weighted by Crippen LogP contribution is 2.29. The van der Waals surface area contributed by atoms with Crippen molar-refractivity contribution in [1.29, 1.82) is 0 Å². The van der Waals surface area contributed by atoms with E-state index in [9.17, 15) is 9.59 Å². The number of nitrogens with one attached hydrogen (secondary N) is 2. The molecule has 2 N–H and O–H groups in total. The third kappa shape index (κ3) is 2.99. The van der Waals surface area contributed by atoms with E-state index in [0.29, 0.717) is 24.7 Å². The van der Waals surface area contributed by atoms with Gasteiger partial charge in [0.1, 0.15) is 0 Å². The Kier molecular flexibility index (Phi) is 3.69. The number of amides is 2. The van der Waals surface area contributed by atoms with Crippen LogP contribution in [0, 0.1) is 0 Å². The van der Waals surface area contributed by atoms with Crippen molar-refractivity contribution in [3.8, 4) is 0 Å². The number of nitrogens with zero attached hydrogens (tertiary/aromatic N) is 1. The van der Waals surface area contributed by atoms with Crippen molar-refractivity contribution >= 4 is 23.2 Å². The molecule has 5 heteroatoms. The number of carbonyl (C=O) groups is 2. The van der Waals surface area contributed by atoms with Crippen molar-refractivity contribution in [1.82, 2.24) is 5.32 Å². The van der Waals surface area contributed by atoms with Crippen LogP contribution < -0.4 is 15.5 Å². The van der Waals surface area contributed by atoms with E-state index in [1.807, 2.05) is 24.3 Å². The first kappa shape index (κ1) is 13.1. The minimum absolute atomic E-state index is 0.0593. The van der Waals surface area contributed by atoms with E-state index in [0.717, 1.165) is 31.5 Å². The summed E-state index contributed by atoms with van der Waals surface area (Å²) >= 11 is 0. The standard InChI is InChI=1S/C15H19N3O2/c19-14(10-16-11-7-8-11)17-12-4-1-2-5-13(12)18-9-3-6-15(18)20/h1-2,4-5,11,16H,3,6-10H2,(H,17,19). The van der Waals surface area contributed by atoms with Crippen LogP contribution >= 0.6 is 0 Å². The van der Waals surface area contributed by atoms with E-state index in [4.69, 9.17) is 0 Å². The number of hydrogen-bond acceptors (Lipinski definition) is 3. The average Bonchev–Trinajstić information content (AvgIpc) is 3.18. The molecule has 0 atom stereocenters. The molecule has 1 aliphatic heterocycles. The van der Waals surface area contributed by atoms with Crippen molar-refractivity contribution in [2.75, 3.05) is 23.3 Å². The van der Waals surface area contributed by atoms with Gasteiger partial charge in [-0.1, -0.05) is 12.1 Å². The van der Waals surface area contributed by atoms with Crippen LogP contribution in [0.15, 0.2) is 24.3 Å². The molecule has 1 heterocycles. The van der Waals surface area contributed by atoms with Crippen molar-refractivity contribution in [2.45, 2.75) is 31.7 Å². The molecule has 1 aliphatic carbocycles. The molecule has 0 radical (unpaired) electrons. The van der Waals surface area contributed by atoms with Crippen LogP contribution in [-0.2, 0) is 9.59 Å². The Morgan fingerprint density at radius 2 is 2.10 bits per heavy atom. The number of rotatable bonds is 5. The summed E-state index contributed by atoms with van der Waals surface area (Å²) in [6.07, 6.45) is 3.79. The molecule has 1 saturated heterocycles. The van der Waals surface area contributed by atoms with Crippen LogP contribution in [-0.4, -0.2) is 30.9 Å². The van der Waals surface area contributed by atoms with Gasteiger partial charge in [-0.05, 0) is 31.4 Å². The topological polar surface area (TPSA) is 61.4 Å². The van der Waals surface area contributed by atoms with Gasteiger partial charge in [0.2, 0.25) is 11.8 Å². The normalized spacial score (nSPS) is 18.4. The number of benzene rings is 1. The minimum Gasteiger partial charge on any atom is -0.323 e. The molecule has 2 fully saturated rings. The second-order valence-corrected chi connectivity index (χ2v) is 5.37. The molecule has 106 valence electrons. The maximum Gasteiger partial charge on any atom is 0.238 e. The summed E-state index contributed by atoms with van der Waals surface area (Å²) in [5, 5.41) is 6.08. The van der Waals surface area contributed by atoms with Gasteiger partial charge in [0, 0.05) is 19.0 Å². The van der Waals surface area contributed by atoms with Gasteiger partial charge in [0.25, 0.3) is 0 Å². The maximum atomic E-state index is 11.9. The largest absolute Gasteiger partial charge is 0.323 e. The molecule has 5 nitrogen and oxygen atoms in total. The zero-order chi connectivity index (χ0) is 13.9. The van der Waals surface area contributed by atoms with Gasteiger partial charge in [-0.15, -0.1) is 0 Å². The summed E-state index contributed by atoms with van der Waals surface area (Å²) in [5.74, 6) is 0.0683. The molecule has 3 rings (SSSR count). The van der Waals surface area contributed by atoms with E-state index in [1.54, 1.807) is 4.90 Å². The van der Waals surface area contributed by atoms with Gasteiger partial charge >= 0.3 is 0 Å². The highest BCUT2D eigenvalue weighted by Gasteiger charge is 2.24. The van der Waals surface area contributed by atoms with Crippen LogP contribution in [0.2, 0.25) is 0 Å². The van der Waals surface area contributed by atoms with E-state index in [1.165, 1.54) is 0 Å². The second kappa shape index (κ2) is 5.63. The molecule has 0 unspecified atom stereocenters. The third-order valence-corrected chi connectivity index (χ3v) is 3.67. The van der Waals surface area contributed by atoms with Gasteiger partial charge in [0.05, 0.1) is 17.9 Å². The quantitative estimate of drug-likeness (QED) is 0.854. The molecule has 1 saturated carbocycles. The van der Waals surface area contributed by atoms with E-state index < -0.39 is 0 Å². The predicted octanol–water partition coefficient (Wildman–Crippen LogP) is 1.50. The van der Waals surface area contributed by atoms with Crippen LogP contribution in [0.4, 0.5) is 11.4 Å². The Morgan fingerprint density at radius 1 is 1.30 bits per heavy atom. The molecule has 1 aromatic rings. The lowest BCUT2D eigenvalue weighted by atomic mass is 10.2. The molecule has 1 aromatic carbocycles. The Bertz CT molecular complexity index is 526. The smallest absolute Gasteiger partial charge is 0.238 e. The fourth-order valence-electron chi connectivity index (χ4n) is 2.44. The Labute approximate surface area is 118 Å². The van der Waals surface area contributed by atoms with Gasteiger partial charge in [0.15, 0.2) is 0 Å². The van der Waals surface area contributed by atoms with Crippen LogP contribution in [0.25, 0.3) is 0 Å². The molecule has 0 spiro atoms. The second-order valence-electron chi connectivity index (χ2n) is 5.37. The fourth-order valence-corrected chi connectivity index (χ4v) is 2.44. The zero-order valence-electron chi connectivity index (χ0n) is 11.4. The molecule has 0 bridgehead atoms. The number of carbonyl (C=O) groups excluding carboxylic acids is 2. The van der Waals surface area contributed by atoms with Gasteiger partial charge in [-0.2, -0.15) is 0 Å². The maximum absolute atomic E-state index is 11.9. The monoisotopic (exact) mass is 273 g/mol. The van der Waals surface area contributed by atoms with E-state index in [-0.39, 0.29) is 11.8 Å². The molecule has 2 amide bonds. The molecular weight excluding hydrogens is 254 g/mol. The molecule has 0 aromatic heterocycles. The molecular formula is C15H19N3O2. The highest BCUT2D eigenvalue weighted by molar-refractivity contribution is 6.02. The zero-order valence-corrected chi connectivity index (χ0v) is 11.4. The summed E-state index contributed by atoms with van der Waals surface area (Å²) in [4.78, 5) is 25.5. The SMILES string of the molecule is O=C(CNC1CC1)Nc1ccccc1N1CCCC1=O. The lowest BCUT2D eigenvalue weighted by Gasteiger charge is -2.20. The van der Waals surface area contributed by atoms with Crippen molar-refractivity contribution in [3.05, 3.63) is 24.3 Å². The Balaban J connectivity index is 1.68. The predicted molar refractivity (Wildman–Crippen MR) is 77.7 cm³/mol. The van der Waals surface area contributed by atoms with Crippen molar-refractivity contribution < 1.29 is 9.59 Å². The molecule has 2 aliphatic rings. The van der Waals surface area contributed by atoms with Gasteiger partial charge in [-0.3, -0.25) is 9.59 Å². The number of hydrogen-bond donors (Lipinski definition) is 2. The summed E-state index contributed by atoms with van der Waals surface area (Å²) in [6.45, 7) is 1.05. The summed E-state index contributed by atoms with van der Waals surface area (Å²) in [7, 11) is 0. The van der Waals surface area contributed by atoms with Gasteiger partial charge < -0.3 is 15.5 Å². The van der Waals surface area contributed by atoms with Gasteiger partial charge in [-0.25, -0.2) is 0 Å². The van der Waals surface area contributed by atoms with Crippen LogP contribution in [0.1, 0.15) is 25.7 Å². The minimum atomic E-state index is -0.0593. The summed E-state index contributed by atoms with van der Waals surface area (Å²) < 4.78 is 0. The first-order chi connectivity index (χ1) is 9.74. The first-order valence-corrected chi connectivity index (χ1v) is 7.16.